The highest BCUT2D eigenvalue weighted by Crippen LogP contribution is 2.39. The fraction of sp³-hybridized carbons (Fsp3) is 0.600. The van der Waals surface area contributed by atoms with Gasteiger partial charge < -0.3 is 15.2 Å². The monoisotopic (exact) mass is 249 g/mol. The zero-order valence-corrected chi connectivity index (χ0v) is 11.3. The molecular weight excluding hydrogens is 226 g/mol. The van der Waals surface area contributed by atoms with Crippen molar-refractivity contribution in [1.29, 1.82) is 0 Å². The van der Waals surface area contributed by atoms with E-state index in [1.165, 1.54) is 5.56 Å². The van der Waals surface area contributed by atoms with Crippen molar-refractivity contribution in [3.05, 3.63) is 29.8 Å². The quantitative estimate of drug-likeness (QED) is 0.891. The van der Waals surface area contributed by atoms with E-state index in [0.717, 1.165) is 38.2 Å². The molecule has 1 aromatic rings. The van der Waals surface area contributed by atoms with Gasteiger partial charge in [0.2, 0.25) is 0 Å². The van der Waals surface area contributed by atoms with Gasteiger partial charge in [-0.3, -0.25) is 0 Å². The molecule has 3 nitrogen and oxygen atoms in total. The summed E-state index contributed by atoms with van der Waals surface area (Å²) in [5, 5.41) is 0. The van der Waals surface area contributed by atoms with Gasteiger partial charge in [0, 0.05) is 24.7 Å². The van der Waals surface area contributed by atoms with Crippen LogP contribution in [0, 0.1) is 0 Å². The van der Waals surface area contributed by atoms with Crippen LogP contribution in [0.4, 0.5) is 0 Å². The van der Waals surface area contributed by atoms with Crippen LogP contribution in [0.25, 0.3) is 0 Å². The Morgan fingerprint density at radius 3 is 2.72 bits per heavy atom. The van der Waals surface area contributed by atoms with Crippen molar-refractivity contribution in [3.8, 4) is 5.75 Å². The van der Waals surface area contributed by atoms with Gasteiger partial charge in [-0.1, -0.05) is 12.1 Å². The minimum absolute atomic E-state index is 0.154. The summed E-state index contributed by atoms with van der Waals surface area (Å²) in [6.45, 7) is 3.73. The Hall–Kier alpha value is -1.06. The standard InChI is InChI=1S/C15H23NO2/c1-12(16)11-15(6-8-18-9-7-15)13-4-3-5-14(10-13)17-2/h3-5,10,12H,6-9,11,16H2,1-2H3. The number of hydrogen-bond acceptors (Lipinski definition) is 3. The molecule has 0 bridgehead atoms. The maximum Gasteiger partial charge on any atom is 0.119 e. The normalized spacial score (nSPS) is 20.4. The predicted molar refractivity (Wildman–Crippen MR) is 73.0 cm³/mol. The molecule has 0 aromatic heterocycles. The van der Waals surface area contributed by atoms with Crippen LogP contribution in [0.2, 0.25) is 0 Å². The Labute approximate surface area is 109 Å². The summed E-state index contributed by atoms with van der Waals surface area (Å²) in [7, 11) is 1.71. The first-order valence-electron chi connectivity index (χ1n) is 6.64. The maximum atomic E-state index is 6.04. The lowest BCUT2D eigenvalue weighted by Crippen LogP contribution is -2.38. The van der Waals surface area contributed by atoms with Gasteiger partial charge in [0.25, 0.3) is 0 Å². The molecule has 0 saturated carbocycles. The predicted octanol–water partition coefficient (Wildman–Crippen LogP) is 2.48. The summed E-state index contributed by atoms with van der Waals surface area (Å²) in [4.78, 5) is 0. The molecule has 0 amide bonds. The largest absolute Gasteiger partial charge is 0.497 e. The molecular formula is C15H23NO2. The third-order valence-corrected chi connectivity index (χ3v) is 3.84. The Bertz CT molecular complexity index is 384. The molecule has 1 fully saturated rings. The van der Waals surface area contributed by atoms with Crippen molar-refractivity contribution >= 4 is 0 Å². The lowest BCUT2D eigenvalue weighted by atomic mass is 9.70. The van der Waals surface area contributed by atoms with Gasteiger partial charge in [0.05, 0.1) is 7.11 Å². The van der Waals surface area contributed by atoms with E-state index >= 15 is 0 Å². The molecule has 18 heavy (non-hydrogen) atoms. The molecule has 1 unspecified atom stereocenters. The van der Waals surface area contributed by atoms with Gasteiger partial charge in [-0.2, -0.15) is 0 Å². The van der Waals surface area contributed by atoms with Gasteiger partial charge in [0.1, 0.15) is 5.75 Å². The van der Waals surface area contributed by atoms with Crippen LogP contribution in [0.1, 0.15) is 31.7 Å². The second kappa shape index (κ2) is 5.72. The fourth-order valence-corrected chi connectivity index (χ4v) is 2.94. The molecule has 0 spiro atoms. The number of rotatable bonds is 4. The van der Waals surface area contributed by atoms with E-state index in [1.807, 2.05) is 6.07 Å². The molecule has 1 aromatic carbocycles. The van der Waals surface area contributed by atoms with Gasteiger partial charge >= 0.3 is 0 Å². The summed E-state index contributed by atoms with van der Waals surface area (Å²) in [6.07, 6.45) is 3.09. The fourth-order valence-electron chi connectivity index (χ4n) is 2.94. The Morgan fingerprint density at radius 1 is 1.39 bits per heavy atom. The first kappa shape index (κ1) is 13.4. The van der Waals surface area contributed by atoms with E-state index in [1.54, 1.807) is 7.11 Å². The molecule has 3 heteroatoms. The molecule has 0 radical (unpaired) electrons. The molecule has 1 saturated heterocycles. The number of methoxy groups -OCH3 is 1. The van der Waals surface area contributed by atoms with Crippen molar-refractivity contribution in [2.24, 2.45) is 5.73 Å². The smallest absolute Gasteiger partial charge is 0.119 e. The van der Waals surface area contributed by atoms with Crippen LogP contribution in [0.5, 0.6) is 5.75 Å². The molecule has 2 N–H and O–H groups in total. The van der Waals surface area contributed by atoms with Crippen molar-refractivity contribution in [2.45, 2.75) is 37.6 Å². The SMILES string of the molecule is COc1cccc(C2(CC(C)N)CCOCC2)c1. The van der Waals surface area contributed by atoms with E-state index in [0.29, 0.717) is 0 Å². The summed E-state index contributed by atoms with van der Waals surface area (Å²) in [5.74, 6) is 0.919. The average Bonchev–Trinajstić information content (AvgIpc) is 2.39. The third-order valence-electron chi connectivity index (χ3n) is 3.84. The third kappa shape index (κ3) is 2.85. The second-order valence-corrected chi connectivity index (χ2v) is 5.31. The first-order chi connectivity index (χ1) is 8.66. The zero-order valence-electron chi connectivity index (χ0n) is 11.3. The number of hydrogen-bond donors (Lipinski definition) is 1. The highest BCUT2D eigenvalue weighted by molar-refractivity contribution is 5.34. The second-order valence-electron chi connectivity index (χ2n) is 5.31. The van der Waals surface area contributed by atoms with Crippen LogP contribution >= 0.6 is 0 Å². The Kier molecular flexibility index (Phi) is 4.25. The molecule has 2 rings (SSSR count). The summed E-state index contributed by atoms with van der Waals surface area (Å²) in [6, 6.07) is 8.59. The van der Waals surface area contributed by atoms with Crippen molar-refractivity contribution < 1.29 is 9.47 Å². The van der Waals surface area contributed by atoms with Gasteiger partial charge in [-0.05, 0) is 43.9 Å². The van der Waals surface area contributed by atoms with Crippen LogP contribution in [-0.2, 0) is 10.2 Å². The molecule has 100 valence electrons. The summed E-state index contributed by atoms with van der Waals surface area (Å²) < 4.78 is 10.8. The van der Waals surface area contributed by atoms with Crippen LogP contribution < -0.4 is 10.5 Å². The van der Waals surface area contributed by atoms with E-state index in [2.05, 4.69) is 25.1 Å². The van der Waals surface area contributed by atoms with E-state index in [9.17, 15) is 0 Å². The lowest BCUT2D eigenvalue weighted by molar-refractivity contribution is 0.0448. The van der Waals surface area contributed by atoms with E-state index in [4.69, 9.17) is 15.2 Å². The average molecular weight is 249 g/mol. The molecule has 1 aliphatic heterocycles. The summed E-state index contributed by atoms with van der Waals surface area (Å²) >= 11 is 0. The number of ether oxygens (including phenoxy) is 2. The first-order valence-corrected chi connectivity index (χ1v) is 6.64. The number of benzene rings is 1. The van der Waals surface area contributed by atoms with Crippen molar-refractivity contribution in [2.75, 3.05) is 20.3 Å². The molecule has 1 heterocycles. The van der Waals surface area contributed by atoms with Crippen molar-refractivity contribution in [3.63, 3.8) is 0 Å². The molecule has 0 aliphatic carbocycles. The topological polar surface area (TPSA) is 44.5 Å². The highest BCUT2D eigenvalue weighted by atomic mass is 16.5. The van der Waals surface area contributed by atoms with Crippen LogP contribution in [0.3, 0.4) is 0 Å². The maximum absolute atomic E-state index is 6.04. The molecule has 1 aliphatic rings. The Morgan fingerprint density at radius 2 is 2.11 bits per heavy atom. The van der Waals surface area contributed by atoms with Crippen LogP contribution in [0.15, 0.2) is 24.3 Å². The van der Waals surface area contributed by atoms with Crippen LogP contribution in [-0.4, -0.2) is 26.4 Å². The highest BCUT2D eigenvalue weighted by Gasteiger charge is 2.35. The zero-order chi connectivity index (χ0) is 13.0. The lowest BCUT2D eigenvalue weighted by Gasteiger charge is -2.39. The van der Waals surface area contributed by atoms with Crippen molar-refractivity contribution in [1.82, 2.24) is 0 Å². The van der Waals surface area contributed by atoms with Gasteiger partial charge in [-0.25, -0.2) is 0 Å². The van der Waals surface area contributed by atoms with Gasteiger partial charge in [-0.15, -0.1) is 0 Å². The minimum atomic E-state index is 0.154. The minimum Gasteiger partial charge on any atom is -0.497 e. The van der Waals surface area contributed by atoms with E-state index in [-0.39, 0.29) is 11.5 Å². The van der Waals surface area contributed by atoms with E-state index < -0.39 is 0 Å². The van der Waals surface area contributed by atoms with Gasteiger partial charge in [0.15, 0.2) is 0 Å². The molecule has 1 atom stereocenters. The summed E-state index contributed by atoms with van der Waals surface area (Å²) in [5.41, 5.74) is 7.53. The Balaban J connectivity index is 2.32. The number of nitrogens with two attached hydrogens (primary N) is 1.